The summed E-state index contributed by atoms with van der Waals surface area (Å²) >= 11 is 0. The van der Waals surface area contributed by atoms with Gasteiger partial charge in [-0.05, 0) is 12.5 Å². The van der Waals surface area contributed by atoms with Crippen molar-refractivity contribution >= 4 is 0 Å². The number of rotatable bonds is 5. The second-order valence-corrected chi connectivity index (χ2v) is 3.90. The third kappa shape index (κ3) is 2.91. The lowest BCUT2D eigenvalue weighted by Gasteiger charge is -2.23. The summed E-state index contributed by atoms with van der Waals surface area (Å²) in [6, 6.07) is 9.66. The van der Waals surface area contributed by atoms with Crippen molar-refractivity contribution in [2.45, 2.75) is 19.1 Å². The molecule has 4 heteroatoms. The fourth-order valence-corrected chi connectivity index (χ4v) is 1.83. The molecule has 0 aliphatic carbocycles. The fourth-order valence-electron chi connectivity index (χ4n) is 1.83. The molecule has 0 fully saturated rings. The highest BCUT2D eigenvalue weighted by Gasteiger charge is 2.23. The first-order valence-electron chi connectivity index (χ1n) is 5.92. The second kappa shape index (κ2) is 6.23. The van der Waals surface area contributed by atoms with E-state index in [1.165, 1.54) is 6.33 Å². The average Bonchev–Trinajstić information content (AvgIpc) is 2.46. The van der Waals surface area contributed by atoms with Gasteiger partial charge in [-0.2, -0.15) is 0 Å². The van der Waals surface area contributed by atoms with Gasteiger partial charge in [0.1, 0.15) is 18.5 Å². The summed E-state index contributed by atoms with van der Waals surface area (Å²) in [6.45, 7) is 2.44. The molecule has 18 heavy (non-hydrogen) atoms. The lowest BCUT2D eigenvalue weighted by atomic mass is 10.0. The van der Waals surface area contributed by atoms with Gasteiger partial charge in [0, 0.05) is 24.6 Å². The standard InChI is InChI=1S/C14H16N2O2/c1-2-18-14(11-6-4-3-5-7-11)13(17)12-8-15-10-16-9-12/h3-10,13-14,17H,2H2,1H3. The molecular weight excluding hydrogens is 228 g/mol. The predicted molar refractivity (Wildman–Crippen MR) is 67.8 cm³/mol. The Morgan fingerprint density at radius 2 is 1.78 bits per heavy atom. The molecule has 0 aliphatic rings. The number of benzene rings is 1. The van der Waals surface area contributed by atoms with Crippen LogP contribution in [0.3, 0.4) is 0 Å². The topological polar surface area (TPSA) is 55.2 Å². The summed E-state index contributed by atoms with van der Waals surface area (Å²) in [4.78, 5) is 7.83. The van der Waals surface area contributed by atoms with E-state index >= 15 is 0 Å². The number of aromatic nitrogens is 2. The van der Waals surface area contributed by atoms with Crippen LogP contribution in [0.2, 0.25) is 0 Å². The van der Waals surface area contributed by atoms with Crippen LogP contribution < -0.4 is 0 Å². The smallest absolute Gasteiger partial charge is 0.115 e. The Hall–Kier alpha value is -1.78. The number of hydrogen-bond donors (Lipinski definition) is 1. The molecule has 0 bridgehead atoms. The van der Waals surface area contributed by atoms with Gasteiger partial charge in [0.2, 0.25) is 0 Å². The molecule has 94 valence electrons. The third-order valence-corrected chi connectivity index (χ3v) is 2.68. The van der Waals surface area contributed by atoms with Crippen molar-refractivity contribution in [2.75, 3.05) is 6.61 Å². The largest absolute Gasteiger partial charge is 0.385 e. The Morgan fingerprint density at radius 1 is 1.11 bits per heavy atom. The molecule has 2 unspecified atom stereocenters. The van der Waals surface area contributed by atoms with Gasteiger partial charge in [0.25, 0.3) is 0 Å². The monoisotopic (exact) mass is 244 g/mol. The normalized spacial score (nSPS) is 14.1. The molecule has 0 saturated carbocycles. The van der Waals surface area contributed by atoms with Gasteiger partial charge >= 0.3 is 0 Å². The summed E-state index contributed by atoms with van der Waals surface area (Å²) < 4.78 is 5.64. The van der Waals surface area contributed by atoms with Crippen molar-refractivity contribution in [1.82, 2.24) is 9.97 Å². The van der Waals surface area contributed by atoms with E-state index in [0.717, 1.165) is 5.56 Å². The first-order chi connectivity index (χ1) is 8.83. The van der Waals surface area contributed by atoms with E-state index < -0.39 is 12.2 Å². The lowest BCUT2D eigenvalue weighted by Crippen LogP contribution is -2.15. The maximum absolute atomic E-state index is 10.4. The van der Waals surface area contributed by atoms with E-state index in [1.807, 2.05) is 37.3 Å². The Labute approximate surface area is 106 Å². The quantitative estimate of drug-likeness (QED) is 0.876. The molecule has 0 spiro atoms. The molecule has 2 rings (SSSR count). The maximum Gasteiger partial charge on any atom is 0.115 e. The molecule has 0 radical (unpaired) electrons. The molecule has 1 aromatic heterocycles. The maximum atomic E-state index is 10.4. The van der Waals surface area contributed by atoms with Crippen molar-refractivity contribution in [1.29, 1.82) is 0 Å². The predicted octanol–water partition coefficient (Wildman–Crippen LogP) is 2.29. The summed E-state index contributed by atoms with van der Waals surface area (Å²) in [5, 5.41) is 10.4. The van der Waals surface area contributed by atoms with Gasteiger partial charge < -0.3 is 9.84 Å². The van der Waals surface area contributed by atoms with Crippen LogP contribution in [0.4, 0.5) is 0 Å². The van der Waals surface area contributed by atoms with Gasteiger partial charge in [-0.25, -0.2) is 9.97 Å². The van der Waals surface area contributed by atoms with Crippen molar-refractivity contribution in [3.8, 4) is 0 Å². The van der Waals surface area contributed by atoms with Crippen LogP contribution in [0.5, 0.6) is 0 Å². The minimum Gasteiger partial charge on any atom is -0.385 e. The summed E-state index contributed by atoms with van der Waals surface area (Å²) in [5.74, 6) is 0. The van der Waals surface area contributed by atoms with Crippen LogP contribution in [0.15, 0.2) is 49.1 Å². The van der Waals surface area contributed by atoms with Crippen LogP contribution in [-0.4, -0.2) is 21.7 Å². The molecule has 0 amide bonds. The number of ether oxygens (including phenoxy) is 1. The minimum atomic E-state index is -0.770. The fraction of sp³-hybridized carbons (Fsp3) is 0.286. The molecule has 4 nitrogen and oxygen atoms in total. The zero-order valence-electron chi connectivity index (χ0n) is 10.2. The molecule has 2 aromatic rings. The van der Waals surface area contributed by atoms with E-state index in [9.17, 15) is 5.11 Å². The highest BCUT2D eigenvalue weighted by Crippen LogP contribution is 2.31. The number of aliphatic hydroxyl groups excluding tert-OH is 1. The molecule has 1 aromatic carbocycles. The Bertz CT molecular complexity index is 462. The second-order valence-electron chi connectivity index (χ2n) is 3.90. The molecule has 1 heterocycles. The van der Waals surface area contributed by atoms with E-state index in [0.29, 0.717) is 12.2 Å². The van der Waals surface area contributed by atoms with E-state index in [2.05, 4.69) is 9.97 Å². The zero-order valence-corrected chi connectivity index (χ0v) is 10.2. The van der Waals surface area contributed by atoms with Crippen LogP contribution in [0, 0.1) is 0 Å². The van der Waals surface area contributed by atoms with Gasteiger partial charge in [-0.3, -0.25) is 0 Å². The van der Waals surface area contributed by atoms with Gasteiger partial charge in [-0.1, -0.05) is 30.3 Å². The van der Waals surface area contributed by atoms with Crippen LogP contribution in [0.25, 0.3) is 0 Å². The molecule has 1 N–H and O–H groups in total. The SMILES string of the molecule is CCOC(c1ccccc1)C(O)c1cncnc1. The van der Waals surface area contributed by atoms with Crippen molar-refractivity contribution in [3.63, 3.8) is 0 Å². The summed E-state index contributed by atoms with van der Waals surface area (Å²) in [5.41, 5.74) is 1.59. The highest BCUT2D eigenvalue weighted by molar-refractivity contribution is 5.22. The van der Waals surface area contributed by atoms with Crippen LogP contribution in [0.1, 0.15) is 30.3 Å². The van der Waals surface area contributed by atoms with Crippen molar-refractivity contribution in [3.05, 3.63) is 60.2 Å². The Balaban J connectivity index is 2.26. The molecular formula is C14H16N2O2. The van der Waals surface area contributed by atoms with Crippen molar-refractivity contribution in [2.24, 2.45) is 0 Å². The first kappa shape index (κ1) is 12.7. The Kier molecular flexibility index (Phi) is 4.39. The van der Waals surface area contributed by atoms with E-state index in [-0.39, 0.29) is 0 Å². The zero-order chi connectivity index (χ0) is 12.8. The lowest BCUT2D eigenvalue weighted by molar-refractivity contribution is -0.0364. The van der Waals surface area contributed by atoms with Gasteiger partial charge in [0.15, 0.2) is 0 Å². The Morgan fingerprint density at radius 3 is 2.39 bits per heavy atom. The molecule has 0 saturated heterocycles. The third-order valence-electron chi connectivity index (χ3n) is 2.68. The van der Waals surface area contributed by atoms with E-state index in [1.54, 1.807) is 12.4 Å². The van der Waals surface area contributed by atoms with Gasteiger partial charge in [-0.15, -0.1) is 0 Å². The van der Waals surface area contributed by atoms with Crippen molar-refractivity contribution < 1.29 is 9.84 Å². The summed E-state index contributed by atoms with van der Waals surface area (Å²) in [6.07, 6.45) is 3.48. The number of aliphatic hydroxyl groups is 1. The molecule has 2 atom stereocenters. The van der Waals surface area contributed by atoms with Gasteiger partial charge in [0.05, 0.1) is 0 Å². The summed E-state index contributed by atoms with van der Waals surface area (Å²) in [7, 11) is 0. The van der Waals surface area contributed by atoms with Crippen LogP contribution in [-0.2, 0) is 4.74 Å². The number of nitrogens with zero attached hydrogens (tertiary/aromatic N) is 2. The minimum absolute atomic E-state index is 0.401. The highest BCUT2D eigenvalue weighted by atomic mass is 16.5. The average molecular weight is 244 g/mol. The molecule has 0 aliphatic heterocycles. The number of hydrogen-bond acceptors (Lipinski definition) is 4. The van der Waals surface area contributed by atoms with E-state index in [4.69, 9.17) is 4.74 Å². The first-order valence-corrected chi connectivity index (χ1v) is 5.92. The van der Waals surface area contributed by atoms with Crippen LogP contribution >= 0.6 is 0 Å².